The lowest BCUT2D eigenvalue weighted by Crippen LogP contribution is -2.43. The molecule has 2 aromatic carbocycles. The molecule has 152 valence electrons. The first kappa shape index (κ1) is 19.6. The minimum Gasteiger partial charge on any atom is -0.350 e. The van der Waals surface area contributed by atoms with Gasteiger partial charge >= 0.3 is 6.03 Å². The summed E-state index contributed by atoms with van der Waals surface area (Å²) in [5, 5.41) is 2.97. The monoisotopic (exact) mass is 400 g/mol. The Balaban J connectivity index is 1.51. The quantitative estimate of drug-likeness (QED) is 0.661. The number of pyridine rings is 1. The molecule has 2 heterocycles. The lowest BCUT2D eigenvalue weighted by molar-refractivity contribution is -0.125. The zero-order valence-electron chi connectivity index (χ0n) is 16.6. The van der Waals surface area contributed by atoms with Crippen LogP contribution in [0.1, 0.15) is 22.9 Å². The van der Waals surface area contributed by atoms with E-state index in [0.29, 0.717) is 31.9 Å². The van der Waals surface area contributed by atoms with Gasteiger partial charge in [0.2, 0.25) is 5.91 Å². The molecule has 1 aromatic heterocycles. The number of hydrogen-bond acceptors (Lipinski definition) is 3. The number of carbonyl (C=O) groups excluding carboxylic acids is 2. The Morgan fingerprint density at radius 2 is 1.57 bits per heavy atom. The van der Waals surface area contributed by atoms with E-state index in [1.807, 2.05) is 66.7 Å². The molecule has 1 aliphatic heterocycles. The standard InChI is InChI=1S/C24H24N4O2/c29-23(26-17-19-9-3-1-4-10-19)22(21-13-7-8-14-25-21)28-16-15-27(24(28)30)18-20-11-5-2-6-12-20/h1-14,22H,15-18H2,(H,26,29). The van der Waals surface area contributed by atoms with Crippen molar-refractivity contribution in [1.82, 2.24) is 20.1 Å². The van der Waals surface area contributed by atoms with Gasteiger partial charge in [0.05, 0.1) is 5.69 Å². The molecule has 3 amide bonds. The third kappa shape index (κ3) is 4.49. The van der Waals surface area contributed by atoms with E-state index in [2.05, 4.69) is 10.3 Å². The zero-order valence-corrected chi connectivity index (χ0v) is 16.6. The van der Waals surface area contributed by atoms with Gasteiger partial charge in [-0.2, -0.15) is 0 Å². The van der Waals surface area contributed by atoms with Gasteiger partial charge in [-0.25, -0.2) is 4.79 Å². The predicted octanol–water partition coefficient (Wildman–Crippen LogP) is 3.38. The van der Waals surface area contributed by atoms with Crippen LogP contribution in [0, 0.1) is 0 Å². The lowest BCUT2D eigenvalue weighted by Gasteiger charge is -2.27. The van der Waals surface area contributed by atoms with Crippen LogP contribution in [0.3, 0.4) is 0 Å². The molecule has 1 saturated heterocycles. The largest absolute Gasteiger partial charge is 0.350 e. The highest BCUT2D eigenvalue weighted by Gasteiger charge is 2.38. The smallest absolute Gasteiger partial charge is 0.321 e. The number of amides is 3. The minimum absolute atomic E-state index is 0.149. The number of nitrogens with zero attached hydrogens (tertiary/aromatic N) is 3. The molecule has 0 bridgehead atoms. The van der Waals surface area contributed by atoms with Crippen LogP contribution >= 0.6 is 0 Å². The fourth-order valence-corrected chi connectivity index (χ4v) is 3.65. The van der Waals surface area contributed by atoms with Crippen molar-refractivity contribution >= 4 is 11.9 Å². The number of hydrogen-bond donors (Lipinski definition) is 1. The van der Waals surface area contributed by atoms with Crippen molar-refractivity contribution < 1.29 is 9.59 Å². The summed E-state index contributed by atoms with van der Waals surface area (Å²) in [5.41, 5.74) is 2.64. The van der Waals surface area contributed by atoms with Gasteiger partial charge in [0.1, 0.15) is 0 Å². The highest BCUT2D eigenvalue weighted by molar-refractivity contribution is 5.88. The first-order valence-electron chi connectivity index (χ1n) is 10.0. The van der Waals surface area contributed by atoms with E-state index in [0.717, 1.165) is 11.1 Å². The number of aromatic nitrogens is 1. The highest BCUT2D eigenvalue weighted by Crippen LogP contribution is 2.25. The normalized spacial score (nSPS) is 14.6. The second-order valence-electron chi connectivity index (χ2n) is 7.24. The summed E-state index contributed by atoms with van der Waals surface area (Å²) in [6.07, 6.45) is 1.65. The molecule has 4 rings (SSSR count). The molecule has 0 saturated carbocycles. The Bertz CT molecular complexity index is 980. The van der Waals surface area contributed by atoms with Gasteiger partial charge in [0.15, 0.2) is 6.04 Å². The average Bonchev–Trinajstić information content (AvgIpc) is 3.14. The van der Waals surface area contributed by atoms with E-state index < -0.39 is 6.04 Å². The summed E-state index contributed by atoms with van der Waals surface area (Å²) in [6, 6.07) is 24.1. The first-order chi connectivity index (χ1) is 14.7. The average molecular weight is 400 g/mol. The van der Waals surface area contributed by atoms with Crippen LogP contribution in [0.2, 0.25) is 0 Å². The Labute approximate surface area is 176 Å². The van der Waals surface area contributed by atoms with Crippen LogP contribution in [-0.4, -0.2) is 39.8 Å². The molecular formula is C24H24N4O2. The van der Waals surface area contributed by atoms with Gasteiger partial charge in [-0.05, 0) is 23.3 Å². The third-order valence-electron chi connectivity index (χ3n) is 5.18. The van der Waals surface area contributed by atoms with Crippen LogP contribution < -0.4 is 5.32 Å². The van der Waals surface area contributed by atoms with Gasteiger partial charge in [-0.3, -0.25) is 9.78 Å². The van der Waals surface area contributed by atoms with Crippen LogP contribution in [0.25, 0.3) is 0 Å². The number of urea groups is 1. The van der Waals surface area contributed by atoms with Crippen molar-refractivity contribution in [3.8, 4) is 0 Å². The Kier molecular flexibility index (Phi) is 6.03. The predicted molar refractivity (Wildman–Crippen MR) is 114 cm³/mol. The van der Waals surface area contributed by atoms with Crippen molar-refractivity contribution in [3.63, 3.8) is 0 Å². The molecule has 6 heteroatoms. The molecule has 1 atom stereocenters. The topological polar surface area (TPSA) is 65.5 Å². The van der Waals surface area contributed by atoms with Gasteiger partial charge in [0, 0.05) is 32.4 Å². The fraction of sp³-hybridized carbons (Fsp3) is 0.208. The molecule has 0 spiro atoms. The van der Waals surface area contributed by atoms with E-state index in [1.165, 1.54) is 0 Å². The maximum Gasteiger partial charge on any atom is 0.321 e. The number of benzene rings is 2. The Hall–Kier alpha value is -3.67. The Morgan fingerprint density at radius 3 is 2.23 bits per heavy atom. The van der Waals surface area contributed by atoms with Gasteiger partial charge in [0.25, 0.3) is 0 Å². The van der Waals surface area contributed by atoms with Gasteiger partial charge < -0.3 is 15.1 Å². The summed E-state index contributed by atoms with van der Waals surface area (Å²) >= 11 is 0. The minimum atomic E-state index is -0.761. The number of rotatable bonds is 7. The van der Waals surface area contributed by atoms with Gasteiger partial charge in [-0.1, -0.05) is 66.7 Å². The molecule has 1 N–H and O–H groups in total. The van der Waals surface area contributed by atoms with E-state index in [9.17, 15) is 9.59 Å². The molecular weight excluding hydrogens is 376 g/mol. The fourth-order valence-electron chi connectivity index (χ4n) is 3.65. The van der Waals surface area contributed by atoms with Crippen LogP contribution in [0.5, 0.6) is 0 Å². The van der Waals surface area contributed by atoms with E-state index in [4.69, 9.17) is 0 Å². The maximum absolute atomic E-state index is 13.2. The first-order valence-corrected chi connectivity index (χ1v) is 10.0. The molecule has 3 aromatic rings. The van der Waals surface area contributed by atoms with Crippen LogP contribution in [0.4, 0.5) is 4.79 Å². The lowest BCUT2D eigenvalue weighted by atomic mass is 10.1. The second kappa shape index (κ2) is 9.22. The summed E-state index contributed by atoms with van der Waals surface area (Å²) in [7, 11) is 0. The molecule has 30 heavy (non-hydrogen) atoms. The number of nitrogens with one attached hydrogen (secondary N) is 1. The SMILES string of the molecule is O=C(NCc1ccccc1)C(c1ccccn1)N1CCN(Cc2ccccc2)C1=O. The van der Waals surface area contributed by atoms with Crippen molar-refractivity contribution in [3.05, 3.63) is 102 Å². The van der Waals surface area contributed by atoms with Gasteiger partial charge in [-0.15, -0.1) is 0 Å². The molecule has 1 aliphatic rings. The molecule has 0 aliphatic carbocycles. The van der Waals surface area contributed by atoms with Crippen molar-refractivity contribution in [1.29, 1.82) is 0 Å². The van der Waals surface area contributed by atoms with Crippen LogP contribution in [-0.2, 0) is 17.9 Å². The van der Waals surface area contributed by atoms with E-state index in [-0.39, 0.29) is 11.9 Å². The number of carbonyl (C=O) groups is 2. The Morgan fingerprint density at radius 1 is 0.900 bits per heavy atom. The van der Waals surface area contributed by atoms with Crippen LogP contribution in [0.15, 0.2) is 85.1 Å². The third-order valence-corrected chi connectivity index (χ3v) is 5.18. The molecule has 1 fully saturated rings. The molecule has 0 radical (unpaired) electrons. The van der Waals surface area contributed by atoms with Crippen molar-refractivity contribution in [2.24, 2.45) is 0 Å². The summed E-state index contributed by atoms with van der Waals surface area (Å²) in [6.45, 7) is 1.98. The summed E-state index contributed by atoms with van der Waals surface area (Å²) in [5.74, 6) is -0.229. The van der Waals surface area contributed by atoms with E-state index in [1.54, 1.807) is 28.1 Å². The van der Waals surface area contributed by atoms with E-state index >= 15 is 0 Å². The van der Waals surface area contributed by atoms with Crippen molar-refractivity contribution in [2.45, 2.75) is 19.1 Å². The second-order valence-corrected chi connectivity index (χ2v) is 7.24. The summed E-state index contributed by atoms with van der Waals surface area (Å²) in [4.78, 5) is 34.1. The molecule has 6 nitrogen and oxygen atoms in total. The maximum atomic E-state index is 13.2. The molecule has 1 unspecified atom stereocenters. The summed E-state index contributed by atoms with van der Waals surface area (Å²) < 4.78 is 0. The highest BCUT2D eigenvalue weighted by atomic mass is 16.2. The van der Waals surface area contributed by atoms with Crippen molar-refractivity contribution in [2.75, 3.05) is 13.1 Å². The zero-order chi connectivity index (χ0) is 20.8.